The van der Waals surface area contributed by atoms with Crippen LogP contribution in [-0.4, -0.2) is 21.0 Å². The zero-order valence-electron chi connectivity index (χ0n) is 6.87. The normalized spacial score (nSPS) is 49.2. The smallest absolute Gasteiger partial charge is 0.0622 e. The molecule has 1 rings (SSSR count). The lowest BCUT2D eigenvalue weighted by Gasteiger charge is -2.39. The molecule has 0 aliphatic heterocycles. The van der Waals surface area contributed by atoms with Crippen molar-refractivity contribution in [1.29, 1.82) is 0 Å². The summed E-state index contributed by atoms with van der Waals surface area (Å²) in [7, 11) is 0. The minimum absolute atomic E-state index is 0.0346. The largest absolute Gasteiger partial charge is 0.121 e. The van der Waals surface area contributed by atoms with Crippen LogP contribution in [0.25, 0.3) is 0 Å². The summed E-state index contributed by atoms with van der Waals surface area (Å²) in [5, 5.41) is -0.131. The molecule has 4 heteroatoms. The van der Waals surface area contributed by atoms with E-state index in [1.165, 1.54) is 0 Å². The zero-order chi connectivity index (χ0) is 9.35. The fourth-order valence-electron chi connectivity index (χ4n) is 1.50. The van der Waals surface area contributed by atoms with E-state index in [1.807, 2.05) is 6.92 Å². The van der Waals surface area contributed by atoms with Gasteiger partial charge >= 0.3 is 0 Å². The molecule has 12 heavy (non-hydrogen) atoms. The van der Waals surface area contributed by atoms with Crippen molar-refractivity contribution in [2.24, 2.45) is 0 Å². The minimum Gasteiger partial charge on any atom is -0.121 e. The molecule has 0 spiro atoms. The summed E-state index contributed by atoms with van der Waals surface area (Å²) in [5.74, 6) is 0. The van der Waals surface area contributed by atoms with Gasteiger partial charge in [0.2, 0.25) is 0 Å². The van der Waals surface area contributed by atoms with E-state index in [0.717, 1.165) is 6.42 Å². The highest BCUT2D eigenvalue weighted by Gasteiger charge is 2.43. The predicted molar refractivity (Wildman–Crippen MR) is 57.0 cm³/mol. The Morgan fingerprint density at radius 1 is 1.25 bits per heavy atom. The lowest BCUT2D eigenvalue weighted by atomic mass is 9.85. The Morgan fingerprint density at radius 2 is 1.83 bits per heavy atom. The van der Waals surface area contributed by atoms with Gasteiger partial charge in [0, 0.05) is 0 Å². The average molecular weight is 250 g/mol. The molecule has 4 unspecified atom stereocenters. The van der Waals surface area contributed by atoms with Gasteiger partial charge in [-0.05, 0) is 19.3 Å². The van der Waals surface area contributed by atoms with E-state index >= 15 is 0 Å². The van der Waals surface area contributed by atoms with Crippen LogP contribution in [0.4, 0.5) is 0 Å². The highest BCUT2D eigenvalue weighted by Crippen LogP contribution is 2.43. The van der Waals surface area contributed by atoms with Gasteiger partial charge in [0.25, 0.3) is 0 Å². The van der Waals surface area contributed by atoms with Gasteiger partial charge < -0.3 is 0 Å². The first-order valence-corrected chi connectivity index (χ1v) is 5.79. The molecule has 1 aliphatic rings. The molecule has 1 fully saturated rings. The fraction of sp³-hybridized carbons (Fsp3) is 1.00. The lowest BCUT2D eigenvalue weighted by Crippen LogP contribution is -2.44. The summed E-state index contributed by atoms with van der Waals surface area (Å²) in [4.78, 5) is -0.348. The van der Waals surface area contributed by atoms with Crippen molar-refractivity contribution in [1.82, 2.24) is 0 Å². The van der Waals surface area contributed by atoms with E-state index in [4.69, 9.17) is 46.4 Å². The maximum absolute atomic E-state index is 6.30. The Labute approximate surface area is 93.5 Å². The highest BCUT2D eigenvalue weighted by molar-refractivity contribution is 6.36. The second-order valence-corrected chi connectivity index (χ2v) is 5.73. The number of halogens is 4. The Hall–Kier alpha value is 1.16. The van der Waals surface area contributed by atoms with E-state index in [2.05, 4.69) is 0 Å². The van der Waals surface area contributed by atoms with Crippen molar-refractivity contribution in [3.05, 3.63) is 0 Å². The third-order valence-corrected chi connectivity index (χ3v) is 4.97. The lowest BCUT2D eigenvalue weighted by molar-refractivity contribution is 0.396. The van der Waals surface area contributed by atoms with Crippen LogP contribution in [-0.2, 0) is 0 Å². The van der Waals surface area contributed by atoms with Crippen molar-refractivity contribution < 1.29 is 0 Å². The summed E-state index contributed by atoms with van der Waals surface area (Å²) in [6.45, 7) is 2.03. The van der Waals surface area contributed by atoms with Crippen molar-refractivity contribution in [3.63, 3.8) is 0 Å². The first kappa shape index (κ1) is 11.2. The average Bonchev–Trinajstić information content (AvgIpc) is 2.01. The van der Waals surface area contributed by atoms with Crippen molar-refractivity contribution in [2.75, 3.05) is 0 Å². The molecule has 0 aromatic carbocycles. The van der Waals surface area contributed by atoms with E-state index in [9.17, 15) is 0 Å². The Balaban J connectivity index is 2.67. The summed E-state index contributed by atoms with van der Waals surface area (Å²) in [5.41, 5.74) is 0. The molecular weight excluding hydrogens is 238 g/mol. The number of alkyl halides is 4. The van der Waals surface area contributed by atoms with Gasteiger partial charge in [0.1, 0.15) is 0 Å². The molecule has 0 saturated heterocycles. The molecule has 1 aliphatic carbocycles. The molecule has 0 heterocycles. The topological polar surface area (TPSA) is 0 Å². The van der Waals surface area contributed by atoms with Gasteiger partial charge in [-0.25, -0.2) is 0 Å². The molecule has 4 atom stereocenters. The predicted octanol–water partition coefficient (Wildman–Crippen LogP) is 3.99. The van der Waals surface area contributed by atoms with E-state index in [1.54, 1.807) is 0 Å². The first-order chi connectivity index (χ1) is 5.49. The molecule has 0 bridgehead atoms. The molecule has 0 nitrogen and oxygen atoms in total. The number of rotatable bonds is 1. The Bertz CT molecular complexity index is 161. The van der Waals surface area contributed by atoms with E-state index in [-0.39, 0.29) is 21.0 Å². The highest BCUT2D eigenvalue weighted by atomic mass is 35.5. The van der Waals surface area contributed by atoms with Crippen LogP contribution in [0.2, 0.25) is 0 Å². The van der Waals surface area contributed by atoms with Crippen LogP contribution < -0.4 is 0 Å². The maximum atomic E-state index is 6.30. The van der Waals surface area contributed by atoms with Crippen LogP contribution in [0, 0.1) is 0 Å². The zero-order valence-corrected chi connectivity index (χ0v) is 9.89. The van der Waals surface area contributed by atoms with Crippen molar-refractivity contribution in [3.8, 4) is 0 Å². The standard InChI is InChI=1S/C8H12Cl4/c1-2-8(12)4-6(10)5(9)3-7(8)11/h5-7H,2-4H2,1H3. The maximum Gasteiger partial charge on any atom is 0.0622 e. The minimum atomic E-state index is -0.348. The van der Waals surface area contributed by atoms with Gasteiger partial charge in [-0.15, -0.1) is 46.4 Å². The summed E-state index contributed by atoms with van der Waals surface area (Å²) < 4.78 is 0. The summed E-state index contributed by atoms with van der Waals surface area (Å²) in [6, 6.07) is 0. The molecule has 0 amide bonds. The van der Waals surface area contributed by atoms with Crippen LogP contribution >= 0.6 is 46.4 Å². The monoisotopic (exact) mass is 248 g/mol. The van der Waals surface area contributed by atoms with E-state index < -0.39 is 0 Å². The molecule has 0 N–H and O–H groups in total. The Morgan fingerprint density at radius 3 is 2.33 bits per heavy atom. The molecule has 1 saturated carbocycles. The van der Waals surface area contributed by atoms with Gasteiger partial charge in [0.15, 0.2) is 0 Å². The van der Waals surface area contributed by atoms with Gasteiger partial charge in [0.05, 0.1) is 21.0 Å². The van der Waals surface area contributed by atoms with Gasteiger partial charge in [-0.2, -0.15) is 0 Å². The first-order valence-electron chi connectivity index (χ1n) is 4.10. The second kappa shape index (κ2) is 4.13. The molecule has 0 aromatic rings. The quantitative estimate of drug-likeness (QED) is 0.617. The Kier molecular flexibility index (Phi) is 3.86. The second-order valence-electron chi connectivity index (χ2n) is 3.33. The number of hydrogen-bond acceptors (Lipinski definition) is 0. The third-order valence-electron chi connectivity index (χ3n) is 2.51. The molecule has 72 valence electrons. The number of hydrogen-bond donors (Lipinski definition) is 0. The molecular formula is C8H12Cl4. The fourth-order valence-corrected chi connectivity index (χ4v) is 3.01. The van der Waals surface area contributed by atoms with Gasteiger partial charge in [-0.3, -0.25) is 0 Å². The summed E-state index contributed by atoms with van der Waals surface area (Å²) >= 11 is 24.4. The molecule has 0 aromatic heterocycles. The van der Waals surface area contributed by atoms with Crippen molar-refractivity contribution >= 4 is 46.4 Å². The van der Waals surface area contributed by atoms with Gasteiger partial charge in [-0.1, -0.05) is 6.92 Å². The third kappa shape index (κ3) is 2.15. The van der Waals surface area contributed by atoms with Crippen LogP contribution in [0.5, 0.6) is 0 Å². The van der Waals surface area contributed by atoms with Crippen LogP contribution in [0.15, 0.2) is 0 Å². The SMILES string of the molecule is CCC1(Cl)CC(Cl)C(Cl)CC1Cl. The summed E-state index contributed by atoms with van der Waals surface area (Å²) in [6.07, 6.45) is 2.25. The van der Waals surface area contributed by atoms with E-state index in [0.29, 0.717) is 12.8 Å². The van der Waals surface area contributed by atoms with Crippen LogP contribution in [0.3, 0.4) is 0 Å². The van der Waals surface area contributed by atoms with Crippen LogP contribution in [0.1, 0.15) is 26.2 Å². The molecule has 0 radical (unpaired) electrons. The van der Waals surface area contributed by atoms with Crippen molar-refractivity contribution in [2.45, 2.75) is 47.2 Å².